The number of esters is 1. The molecule has 0 radical (unpaired) electrons. The van der Waals surface area contributed by atoms with Gasteiger partial charge in [0.05, 0.1) is 22.9 Å². The first-order valence-electron chi connectivity index (χ1n) is 16.1. The van der Waals surface area contributed by atoms with Gasteiger partial charge in [0.25, 0.3) is 20.0 Å². The molecule has 0 bridgehead atoms. The maximum absolute atomic E-state index is 14.8. The second-order valence-electron chi connectivity index (χ2n) is 12.5. The van der Waals surface area contributed by atoms with E-state index in [0.29, 0.717) is 23.1 Å². The highest BCUT2D eigenvalue weighted by Gasteiger charge is 2.47. The van der Waals surface area contributed by atoms with Crippen molar-refractivity contribution in [1.29, 1.82) is 0 Å². The van der Waals surface area contributed by atoms with Crippen molar-refractivity contribution >= 4 is 43.0 Å². The number of rotatable bonds is 8. The number of ether oxygens (including phenoxy) is 1. The van der Waals surface area contributed by atoms with Gasteiger partial charge in [-0.2, -0.15) is 8.42 Å². The van der Waals surface area contributed by atoms with Gasteiger partial charge in [-0.25, -0.2) is 12.7 Å². The van der Waals surface area contributed by atoms with E-state index in [0.717, 1.165) is 43.3 Å². The van der Waals surface area contributed by atoms with Crippen LogP contribution in [0.25, 0.3) is 11.1 Å². The van der Waals surface area contributed by atoms with Crippen molar-refractivity contribution in [3.63, 3.8) is 0 Å². The normalized spacial score (nSPS) is 17.4. The summed E-state index contributed by atoms with van der Waals surface area (Å²) in [6.45, 7) is 9.02. The van der Waals surface area contributed by atoms with Gasteiger partial charge in [-0.15, -0.1) is 4.40 Å². The molecule has 0 amide bonds. The van der Waals surface area contributed by atoms with Crippen molar-refractivity contribution in [3.8, 4) is 0 Å². The molecule has 4 aromatic rings. The number of sulfonamides is 2. The first-order valence-corrected chi connectivity index (χ1v) is 18.9. The Bertz CT molecular complexity index is 2230. The van der Waals surface area contributed by atoms with Crippen LogP contribution in [0.1, 0.15) is 46.7 Å². The number of amidine groups is 1. The molecule has 0 fully saturated rings. The first kappa shape index (κ1) is 34.1. The minimum absolute atomic E-state index is 0.00807. The Morgan fingerprint density at radius 1 is 0.673 bits per heavy atom. The lowest BCUT2D eigenvalue weighted by Crippen LogP contribution is -2.44. The summed E-state index contributed by atoms with van der Waals surface area (Å²) >= 11 is 0. The number of nitrogens with zero attached hydrogens (tertiary/aromatic N) is 2. The molecule has 0 spiro atoms. The number of allylic oxidation sites excluding steroid dienone is 1. The predicted octanol–water partition coefficient (Wildman–Crippen LogP) is 7.20. The summed E-state index contributed by atoms with van der Waals surface area (Å²) in [4.78, 5) is 14.0. The third-order valence-electron chi connectivity index (χ3n) is 8.94. The minimum atomic E-state index is -4.52. The molecule has 0 N–H and O–H groups in total. The van der Waals surface area contributed by atoms with Crippen molar-refractivity contribution in [3.05, 3.63) is 142 Å². The molecule has 1 aliphatic carbocycles. The van der Waals surface area contributed by atoms with Crippen molar-refractivity contribution in [2.45, 2.75) is 50.8 Å². The van der Waals surface area contributed by atoms with Crippen molar-refractivity contribution in [1.82, 2.24) is 4.31 Å². The summed E-state index contributed by atoms with van der Waals surface area (Å²) in [5, 5.41) is 0. The fraction of sp³-hybridized carbons (Fsp3) is 0.231. The van der Waals surface area contributed by atoms with E-state index in [1.807, 2.05) is 76.2 Å². The first-order chi connectivity index (χ1) is 23.3. The second-order valence-corrected chi connectivity index (χ2v) is 16.0. The zero-order chi connectivity index (χ0) is 35.1. The standard InChI is InChI=1S/C39H38N2O6S2/c1-6-47-39(42)37-36(30-17-9-26(3)10-18-30)34-23-33(29-15-7-25(2)8-16-29)35(34)24-41(49(45,46)32-21-13-28(5)14-22-32)38(37)40-48(43,44)31-19-11-27(4)12-20-31/h7-22,37H,6,23-24H2,1-5H3/b40-38+. The van der Waals surface area contributed by atoms with Crippen LogP contribution in [0.3, 0.4) is 0 Å². The summed E-state index contributed by atoms with van der Waals surface area (Å²) < 4.78 is 68.6. The summed E-state index contributed by atoms with van der Waals surface area (Å²) in [5.74, 6) is -2.71. The van der Waals surface area contributed by atoms with Crippen molar-refractivity contribution < 1.29 is 26.4 Å². The van der Waals surface area contributed by atoms with Crippen molar-refractivity contribution in [2.75, 3.05) is 13.2 Å². The molecule has 0 saturated heterocycles. The maximum Gasteiger partial charge on any atom is 0.321 e. The Balaban J connectivity index is 1.70. The average Bonchev–Trinajstić information content (AvgIpc) is 3.15. The van der Waals surface area contributed by atoms with Gasteiger partial charge >= 0.3 is 5.97 Å². The van der Waals surface area contributed by atoms with Gasteiger partial charge < -0.3 is 4.74 Å². The quantitative estimate of drug-likeness (QED) is 0.181. The third kappa shape index (κ3) is 6.63. The van der Waals surface area contributed by atoms with E-state index in [9.17, 15) is 21.6 Å². The van der Waals surface area contributed by atoms with E-state index < -0.39 is 37.8 Å². The lowest BCUT2D eigenvalue weighted by molar-refractivity contribution is -0.144. The predicted molar refractivity (Wildman–Crippen MR) is 192 cm³/mol. The molecule has 49 heavy (non-hydrogen) atoms. The minimum Gasteiger partial charge on any atom is -0.465 e. The molecule has 6 rings (SSSR count). The molecule has 1 heterocycles. The van der Waals surface area contributed by atoms with Gasteiger partial charge in [-0.3, -0.25) is 4.79 Å². The van der Waals surface area contributed by atoms with E-state index in [1.165, 1.54) is 24.3 Å². The van der Waals surface area contributed by atoms with Gasteiger partial charge in [0.15, 0.2) is 5.84 Å². The lowest BCUT2D eigenvalue weighted by Gasteiger charge is -2.31. The molecular formula is C39H38N2O6S2. The van der Waals surface area contributed by atoms with Crippen LogP contribution in [-0.4, -0.2) is 46.1 Å². The van der Waals surface area contributed by atoms with Crippen LogP contribution in [-0.2, 0) is 29.6 Å². The summed E-state index contributed by atoms with van der Waals surface area (Å²) in [5.41, 5.74) is 8.16. The van der Waals surface area contributed by atoms with Gasteiger partial charge in [-0.1, -0.05) is 95.1 Å². The largest absolute Gasteiger partial charge is 0.465 e. The maximum atomic E-state index is 14.8. The lowest BCUT2D eigenvalue weighted by atomic mass is 9.73. The number of benzene rings is 4. The number of fused-ring (bicyclic) bond motifs is 1. The number of carbonyl (C=O) groups is 1. The van der Waals surface area contributed by atoms with Crippen LogP contribution in [0.5, 0.6) is 0 Å². The van der Waals surface area contributed by atoms with Crippen LogP contribution in [0.15, 0.2) is 122 Å². The molecule has 1 atom stereocenters. The molecule has 4 aromatic carbocycles. The molecule has 1 aliphatic heterocycles. The highest BCUT2D eigenvalue weighted by atomic mass is 32.2. The molecule has 2 aliphatic rings. The third-order valence-corrected chi connectivity index (χ3v) is 12.0. The topological polar surface area (TPSA) is 110 Å². The zero-order valence-electron chi connectivity index (χ0n) is 28.1. The van der Waals surface area contributed by atoms with Crippen LogP contribution < -0.4 is 0 Å². The van der Waals surface area contributed by atoms with E-state index in [1.54, 1.807) is 31.2 Å². The Kier molecular flexibility index (Phi) is 9.21. The molecule has 0 saturated carbocycles. The van der Waals surface area contributed by atoms with E-state index in [2.05, 4.69) is 4.40 Å². The second kappa shape index (κ2) is 13.2. The number of hydrogen-bond acceptors (Lipinski definition) is 6. The van der Waals surface area contributed by atoms with Crippen LogP contribution in [0.2, 0.25) is 0 Å². The molecule has 8 nitrogen and oxygen atoms in total. The fourth-order valence-corrected chi connectivity index (χ4v) is 8.68. The van der Waals surface area contributed by atoms with Crippen LogP contribution in [0.4, 0.5) is 0 Å². The smallest absolute Gasteiger partial charge is 0.321 e. The van der Waals surface area contributed by atoms with Gasteiger partial charge in [-0.05, 0) is 98.7 Å². The SMILES string of the molecule is CCOC(=O)C1C(c2ccc(C)cc2)=C2CC(c3ccc(C)cc3)=C2CN(S(=O)(=O)c2ccc(C)cc2)/C1=N/S(=O)(=O)c1ccc(C)cc1. The Morgan fingerprint density at radius 2 is 1.14 bits per heavy atom. The number of aryl methyl sites for hydroxylation is 4. The molecule has 1 unspecified atom stereocenters. The number of carbonyl (C=O) groups excluding carboxylic acids is 1. The molecule has 10 heteroatoms. The Labute approximate surface area is 288 Å². The van der Waals surface area contributed by atoms with Gasteiger partial charge in [0.2, 0.25) is 0 Å². The molecular weight excluding hydrogens is 657 g/mol. The Morgan fingerprint density at radius 3 is 1.65 bits per heavy atom. The average molecular weight is 695 g/mol. The van der Waals surface area contributed by atoms with E-state index in [4.69, 9.17) is 4.74 Å². The van der Waals surface area contributed by atoms with E-state index >= 15 is 0 Å². The summed E-state index contributed by atoms with van der Waals surface area (Å²) in [6, 6.07) is 27.9. The molecule has 0 aromatic heterocycles. The monoisotopic (exact) mass is 694 g/mol. The van der Waals surface area contributed by atoms with Crippen LogP contribution >= 0.6 is 0 Å². The molecule has 252 valence electrons. The summed E-state index contributed by atoms with van der Waals surface area (Å²) in [7, 11) is -8.99. The van der Waals surface area contributed by atoms with E-state index in [-0.39, 0.29) is 22.9 Å². The number of hydrogen-bond donors (Lipinski definition) is 0. The summed E-state index contributed by atoms with van der Waals surface area (Å²) in [6.07, 6.45) is 0.438. The van der Waals surface area contributed by atoms with Gasteiger partial charge in [0, 0.05) is 0 Å². The fourth-order valence-electron chi connectivity index (χ4n) is 6.17. The van der Waals surface area contributed by atoms with Crippen molar-refractivity contribution in [2.24, 2.45) is 10.3 Å². The highest BCUT2D eigenvalue weighted by molar-refractivity contribution is 7.91. The zero-order valence-corrected chi connectivity index (χ0v) is 29.7. The van der Waals surface area contributed by atoms with Crippen LogP contribution in [0, 0.1) is 33.6 Å². The van der Waals surface area contributed by atoms with Gasteiger partial charge in [0.1, 0.15) is 5.92 Å². The Hall–Kier alpha value is -4.80. The highest BCUT2D eigenvalue weighted by Crippen LogP contribution is 2.50.